The minimum Gasteiger partial charge on any atom is -0.490 e. The molecule has 2 N–H and O–H groups in total. The lowest BCUT2D eigenvalue weighted by Gasteiger charge is -2.16. The third kappa shape index (κ3) is 5.87. The first kappa shape index (κ1) is 23.6. The molecule has 4 aromatic rings. The SMILES string of the molecule is CCOc1cc(/C=C(\C#N)c2nc3ccccc3[nH]2)ccc1OCC(=O)N[C@@H](C)c1ccccc1. The van der Waals surface area contributed by atoms with Crippen LogP contribution in [0.2, 0.25) is 0 Å². The Morgan fingerprint density at radius 3 is 2.60 bits per heavy atom. The van der Waals surface area contributed by atoms with Crippen molar-refractivity contribution in [2.75, 3.05) is 13.2 Å². The number of aromatic nitrogens is 2. The van der Waals surface area contributed by atoms with E-state index >= 15 is 0 Å². The molecule has 0 fully saturated rings. The second-order valence-corrected chi connectivity index (χ2v) is 7.90. The maximum absolute atomic E-state index is 12.4. The highest BCUT2D eigenvalue weighted by Crippen LogP contribution is 2.30. The molecule has 0 spiro atoms. The van der Waals surface area contributed by atoms with Crippen LogP contribution >= 0.6 is 0 Å². The van der Waals surface area contributed by atoms with E-state index in [0.717, 1.165) is 22.2 Å². The number of allylic oxidation sites excluding steroid dienone is 1. The van der Waals surface area contributed by atoms with Gasteiger partial charge < -0.3 is 19.8 Å². The van der Waals surface area contributed by atoms with Gasteiger partial charge in [-0.15, -0.1) is 0 Å². The van der Waals surface area contributed by atoms with E-state index in [2.05, 4.69) is 21.4 Å². The molecular formula is C28H26N4O3. The Kier molecular flexibility index (Phi) is 7.44. The molecule has 0 aliphatic rings. The Balaban J connectivity index is 1.48. The van der Waals surface area contributed by atoms with Crippen molar-refractivity contribution in [1.29, 1.82) is 5.26 Å². The Labute approximate surface area is 204 Å². The molecule has 0 aliphatic heterocycles. The van der Waals surface area contributed by atoms with E-state index in [9.17, 15) is 10.1 Å². The van der Waals surface area contributed by atoms with Crippen LogP contribution in [0.25, 0.3) is 22.7 Å². The lowest BCUT2D eigenvalue weighted by molar-refractivity contribution is -0.123. The summed E-state index contributed by atoms with van der Waals surface area (Å²) in [7, 11) is 0. The van der Waals surface area contributed by atoms with Gasteiger partial charge in [0.15, 0.2) is 18.1 Å². The van der Waals surface area contributed by atoms with Gasteiger partial charge in [-0.3, -0.25) is 4.79 Å². The molecule has 7 heteroatoms. The lowest BCUT2D eigenvalue weighted by atomic mass is 10.1. The van der Waals surface area contributed by atoms with Gasteiger partial charge >= 0.3 is 0 Å². The molecule has 0 radical (unpaired) electrons. The first-order valence-electron chi connectivity index (χ1n) is 11.4. The number of hydrogen-bond acceptors (Lipinski definition) is 5. The minimum atomic E-state index is -0.232. The number of aromatic amines is 1. The highest BCUT2D eigenvalue weighted by molar-refractivity contribution is 5.90. The van der Waals surface area contributed by atoms with Crippen LogP contribution in [0.5, 0.6) is 11.5 Å². The number of hydrogen-bond donors (Lipinski definition) is 2. The molecule has 1 amide bonds. The van der Waals surface area contributed by atoms with Crippen LogP contribution in [0.1, 0.15) is 36.8 Å². The largest absolute Gasteiger partial charge is 0.490 e. The number of H-pyrrole nitrogens is 1. The van der Waals surface area contributed by atoms with Gasteiger partial charge in [0.1, 0.15) is 11.9 Å². The zero-order valence-electron chi connectivity index (χ0n) is 19.6. The normalized spacial score (nSPS) is 12.1. The van der Waals surface area contributed by atoms with Crippen molar-refractivity contribution in [2.45, 2.75) is 19.9 Å². The number of ether oxygens (including phenoxy) is 2. The predicted molar refractivity (Wildman–Crippen MR) is 136 cm³/mol. The van der Waals surface area contributed by atoms with Crippen molar-refractivity contribution in [2.24, 2.45) is 0 Å². The summed E-state index contributed by atoms with van der Waals surface area (Å²) in [4.78, 5) is 20.1. The van der Waals surface area contributed by atoms with Crippen LogP contribution < -0.4 is 14.8 Å². The highest BCUT2D eigenvalue weighted by atomic mass is 16.5. The van der Waals surface area contributed by atoms with E-state index in [1.54, 1.807) is 18.2 Å². The number of benzene rings is 3. The van der Waals surface area contributed by atoms with Crippen LogP contribution in [0, 0.1) is 11.3 Å². The summed E-state index contributed by atoms with van der Waals surface area (Å²) < 4.78 is 11.5. The fraction of sp³-hybridized carbons (Fsp3) is 0.179. The van der Waals surface area contributed by atoms with Gasteiger partial charge in [0.05, 0.1) is 29.3 Å². The van der Waals surface area contributed by atoms with Crippen molar-refractivity contribution in [3.05, 3.63) is 89.7 Å². The molecule has 7 nitrogen and oxygen atoms in total. The van der Waals surface area contributed by atoms with Gasteiger partial charge in [-0.2, -0.15) is 5.26 Å². The van der Waals surface area contributed by atoms with E-state index in [1.807, 2.05) is 74.5 Å². The number of carbonyl (C=O) groups excluding carboxylic acids is 1. The fourth-order valence-electron chi connectivity index (χ4n) is 3.65. The quantitative estimate of drug-likeness (QED) is 0.327. The standard InChI is InChI=1S/C28H26N4O3/c1-3-34-26-16-20(15-22(17-29)28-31-23-11-7-8-12-24(23)32-28)13-14-25(26)35-18-27(33)30-19(2)21-9-5-4-6-10-21/h4-16,19H,3,18H2,1-2H3,(H,30,33)(H,31,32)/b22-15+/t19-/m0/s1. The van der Waals surface area contributed by atoms with Gasteiger partial charge in [-0.25, -0.2) is 4.98 Å². The van der Waals surface area contributed by atoms with Crippen molar-refractivity contribution in [3.63, 3.8) is 0 Å². The molecule has 176 valence electrons. The highest BCUT2D eigenvalue weighted by Gasteiger charge is 2.13. The summed E-state index contributed by atoms with van der Waals surface area (Å²) in [6, 6.07) is 24.8. The molecule has 35 heavy (non-hydrogen) atoms. The third-order valence-corrected chi connectivity index (χ3v) is 5.38. The Morgan fingerprint density at radius 2 is 1.86 bits per heavy atom. The topological polar surface area (TPSA) is 100 Å². The summed E-state index contributed by atoms with van der Waals surface area (Å²) >= 11 is 0. The van der Waals surface area contributed by atoms with Gasteiger partial charge in [-0.1, -0.05) is 48.5 Å². The monoisotopic (exact) mass is 466 g/mol. The second-order valence-electron chi connectivity index (χ2n) is 7.90. The van der Waals surface area contributed by atoms with E-state index in [0.29, 0.717) is 29.5 Å². The molecule has 0 aliphatic carbocycles. The number of imidazole rings is 1. The summed E-state index contributed by atoms with van der Waals surface area (Å²) in [6.45, 7) is 4.08. The number of nitrogens with zero attached hydrogens (tertiary/aromatic N) is 2. The number of para-hydroxylation sites is 2. The maximum Gasteiger partial charge on any atom is 0.258 e. The van der Waals surface area contributed by atoms with Gasteiger partial charge in [-0.05, 0) is 55.3 Å². The van der Waals surface area contributed by atoms with Crippen LogP contribution in [-0.2, 0) is 4.79 Å². The summed E-state index contributed by atoms with van der Waals surface area (Å²) in [5.74, 6) is 1.21. The average Bonchev–Trinajstić information content (AvgIpc) is 3.31. The van der Waals surface area contributed by atoms with E-state index in [1.165, 1.54) is 0 Å². The molecule has 3 aromatic carbocycles. The van der Waals surface area contributed by atoms with Crippen LogP contribution in [-0.4, -0.2) is 29.1 Å². The summed E-state index contributed by atoms with van der Waals surface area (Å²) in [5.41, 5.74) is 3.82. The number of nitriles is 1. The second kappa shape index (κ2) is 11.0. The molecule has 0 saturated heterocycles. The molecular weight excluding hydrogens is 440 g/mol. The van der Waals surface area contributed by atoms with Gasteiger partial charge in [0.2, 0.25) is 0 Å². The van der Waals surface area contributed by atoms with E-state index in [4.69, 9.17) is 9.47 Å². The molecule has 0 saturated carbocycles. The average molecular weight is 467 g/mol. The molecule has 4 rings (SSSR count). The first-order valence-corrected chi connectivity index (χ1v) is 11.4. The lowest BCUT2D eigenvalue weighted by Crippen LogP contribution is -2.31. The molecule has 0 unspecified atom stereocenters. The fourth-order valence-corrected chi connectivity index (χ4v) is 3.65. The zero-order valence-corrected chi connectivity index (χ0v) is 19.6. The number of fused-ring (bicyclic) bond motifs is 1. The van der Waals surface area contributed by atoms with Crippen LogP contribution in [0.15, 0.2) is 72.8 Å². The number of amides is 1. The summed E-state index contributed by atoms with van der Waals surface area (Å²) in [6.07, 6.45) is 1.73. The number of rotatable bonds is 9. The van der Waals surface area contributed by atoms with Crippen LogP contribution in [0.4, 0.5) is 0 Å². The number of nitrogens with one attached hydrogen (secondary N) is 2. The van der Waals surface area contributed by atoms with Crippen molar-refractivity contribution < 1.29 is 14.3 Å². The van der Waals surface area contributed by atoms with Crippen molar-refractivity contribution >= 4 is 28.6 Å². The Bertz CT molecular complexity index is 1350. The Hall–Kier alpha value is -4.57. The van der Waals surface area contributed by atoms with Crippen molar-refractivity contribution in [1.82, 2.24) is 15.3 Å². The van der Waals surface area contributed by atoms with Crippen LogP contribution in [0.3, 0.4) is 0 Å². The molecule has 0 bridgehead atoms. The smallest absolute Gasteiger partial charge is 0.258 e. The zero-order chi connectivity index (χ0) is 24.6. The van der Waals surface area contributed by atoms with Gasteiger partial charge in [0, 0.05) is 0 Å². The maximum atomic E-state index is 12.4. The van der Waals surface area contributed by atoms with E-state index < -0.39 is 0 Å². The predicted octanol–water partition coefficient (Wildman–Crippen LogP) is 5.28. The molecule has 1 aromatic heterocycles. The minimum absolute atomic E-state index is 0.131. The summed E-state index contributed by atoms with van der Waals surface area (Å²) in [5, 5.41) is 12.6. The third-order valence-electron chi connectivity index (χ3n) is 5.38. The van der Waals surface area contributed by atoms with Gasteiger partial charge in [0.25, 0.3) is 5.91 Å². The Morgan fingerprint density at radius 1 is 1.09 bits per heavy atom. The molecule has 1 heterocycles. The number of carbonyl (C=O) groups is 1. The van der Waals surface area contributed by atoms with E-state index in [-0.39, 0.29) is 18.6 Å². The first-order chi connectivity index (χ1) is 17.1. The molecule has 1 atom stereocenters. The van der Waals surface area contributed by atoms with Crippen molar-refractivity contribution in [3.8, 4) is 17.6 Å².